The van der Waals surface area contributed by atoms with E-state index in [9.17, 15) is 13.2 Å². The van der Waals surface area contributed by atoms with Crippen LogP contribution in [0.15, 0.2) is 51.8 Å². The molecule has 7 nitrogen and oxygen atoms in total. The number of carbonyl (C=O) groups is 1. The van der Waals surface area contributed by atoms with Crippen LogP contribution in [0, 0.1) is 0 Å². The van der Waals surface area contributed by atoms with Gasteiger partial charge in [0.2, 0.25) is 0 Å². The smallest absolute Gasteiger partial charge is 0.267 e. The predicted octanol–water partition coefficient (Wildman–Crippen LogP) is 6.30. The highest BCUT2D eigenvalue weighted by Gasteiger charge is 2.30. The second-order valence-electron chi connectivity index (χ2n) is 6.60. The van der Waals surface area contributed by atoms with Gasteiger partial charge in [0.1, 0.15) is 9.77 Å². The third kappa shape index (κ3) is 5.75. The van der Waals surface area contributed by atoms with Crippen molar-refractivity contribution in [3.05, 3.63) is 61.2 Å². The highest BCUT2D eigenvalue weighted by Crippen LogP contribution is 2.37. The summed E-state index contributed by atoms with van der Waals surface area (Å²) in [4.78, 5) is 12.7. The molecule has 0 radical (unpaired) electrons. The molecule has 0 saturated heterocycles. The van der Waals surface area contributed by atoms with Crippen molar-refractivity contribution >= 4 is 77.8 Å². The lowest BCUT2D eigenvalue weighted by atomic mass is 10.3. The number of amides is 1. The van der Waals surface area contributed by atoms with Gasteiger partial charge < -0.3 is 14.8 Å². The van der Waals surface area contributed by atoms with E-state index in [4.69, 9.17) is 32.7 Å². The number of thiophene rings is 1. The van der Waals surface area contributed by atoms with Crippen LogP contribution >= 0.6 is 50.5 Å². The molecule has 0 aliphatic heterocycles. The molecule has 12 heteroatoms. The first-order valence-electron chi connectivity index (χ1n) is 9.43. The van der Waals surface area contributed by atoms with Crippen LogP contribution in [0.3, 0.4) is 0 Å². The molecule has 176 valence electrons. The Morgan fingerprint density at radius 3 is 2.52 bits per heavy atom. The van der Waals surface area contributed by atoms with Crippen molar-refractivity contribution in [2.24, 2.45) is 0 Å². The number of methoxy groups -OCH3 is 1. The monoisotopic (exact) mass is 592 g/mol. The summed E-state index contributed by atoms with van der Waals surface area (Å²) >= 11 is 16.3. The number of nitrogens with one attached hydrogen (secondary N) is 1. The standard InChI is InChI=1S/C21H19BrCl2N2O5S2/c1-4-31-16-6-5-15(10-17(16)30-3)26(2)33(28,29)18-11-19(24)32-20(18)21(27)25-14-8-12(22)7-13(23)9-14/h5-11H,4H2,1-3H3,(H,25,27). The maximum absolute atomic E-state index is 13.4. The van der Waals surface area contributed by atoms with Crippen LogP contribution in [0.4, 0.5) is 11.4 Å². The van der Waals surface area contributed by atoms with E-state index >= 15 is 0 Å². The third-order valence-electron chi connectivity index (χ3n) is 4.44. The molecule has 33 heavy (non-hydrogen) atoms. The number of anilines is 2. The molecule has 1 aromatic heterocycles. The van der Waals surface area contributed by atoms with Crippen LogP contribution in [-0.2, 0) is 10.0 Å². The Morgan fingerprint density at radius 2 is 1.88 bits per heavy atom. The van der Waals surface area contributed by atoms with E-state index in [1.165, 1.54) is 20.2 Å². The Kier molecular flexibility index (Phi) is 8.17. The minimum atomic E-state index is -4.14. The fourth-order valence-corrected chi connectivity index (χ4v) is 6.66. The molecule has 1 amide bonds. The van der Waals surface area contributed by atoms with E-state index in [1.807, 2.05) is 6.92 Å². The molecule has 0 fully saturated rings. The largest absolute Gasteiger partial charge is 0.493 e. The number of rotatable bonds is 8. The summed E-state index contributed by atoms with van der Waals surface area (Å²) in [6.45, 7) is 2.26. The molecule has 3 aromatic rings. The molecule has 1 heterocycles. The summed E-state index contributed by atoms with van der Waals surface area (Å²) in [6, 6.07) is 10.9. The van der Waals surface area contributed by atoms with E-state index in [1.54, 1.807) is 36.4 Å². The second-order valence-corrected chi connectivity index (χ2v) is 11.6. The van der Waals surface area contributed by atoms with Gasteiger partial charge in [0.15, 0.2) is 11.5 Å². The van der Waals surface area contributed by atoms with Crippen molar-refractivity contribution < 1.29 is 22.7 Å². The predicted molar refractivity (Wildman–Crippen MR) is 136 cm³/mol. The summed E-state index contributed by atoms with van der Waals surface area (Å²) in [6.07, 6.45) is 0. The highest BCUT2D eigenvalue weighted by molar-refractivity contribution is 9.10. The van der Waals surface area contributed by atoms with E-state index in [2.05, 4.69) is 21.2 Å². The molecule has 0 bridgehead atoms. The third-order valence-corrected chi connectivity index (χ3v) is 8.32. The Morgan fingerprint density at radius 1 is 1.15 bits per heavy atom. The van der Waals surface area contributed by atoms with Gasteiger partial charge >= 0.3 is 0 Å². The summed E-state index contributed by atoms with van der Waals surface area (Å²) in [7, 11) is -1.29. The van der Waals surface area contributed by atoms with Crippen LogP contribution < -0.4 is 19.1 Å². The highest BCUT2D eigenvalue weighted by atomic mass is 79.9. The number of hydrogen-bond acceptors (Lipinski definition) is 6. The van der Waals surface area contributed by atoms with Crippen molar-refractivity contribution in [3.63, 3.8) is 0 Å². The lowest BCUT2D eigenvalue weighted by Crippen LogP contribution is -2.28. The van der Waals surface area contributed by atoms with Gasteiger partial charge in [0.25, 0.3) is 15.9 Å². The van der Waals surface area contributed by atoms with Gasteiger partial charge in [-0.15, -0.1) is 11.3 Å². The number of hydrogen-bond donors (Lipinski definition) is 1. The first kappa shape index (κ1) is 25.6. The van der Waals surface area contributed by atoms with Crippen molar-refractivity contribution in [2.75, 3.05) is 30.4 Å². The van der Waals surface area contributed by atoms with E-state index < -0.39 is 15.9 Å². The van der Waals surface area contributed by atoms with Crippen LogP contribution in [0.2, 0.25) is 9.36 Å². The van der Waals surface area contributed by atoms with Crippen LogP contribution in [0.5, 0.6) is 11.5 Å². The normalized spacial score (nSPS) is 11.2. The Bertz CT molecular complexity index is 1280. The quantitative estimate of drug-likeness (QED) is 0.331. The molecule has 0 saturated carbocycles. The molecule has 0 unspecified atom stereocenters. The van der Waals surface area contributed by atoms with Crippen LogP contribution in [0.25, 0.3) is 0 Å². The van der Waals surface area contributed by atoms with E-state index in [0.717, 1.165) is 15.6 Å². The molecule has 2 aromatic carbocycles. The maximum atomic E-state index is 13.4. The van der Waals surface area contributed by atoms with Crippen molar-refractivity contribution in [1.29, 1.82) is 0 Å². The van der Waals surface area contributed by atoms with Gasteiger partial charge in [-0.25, -0.2) is 8.42 Å². The molecule has 0 aliphatic rings. The minimum absolute atomic E-state index is 0.0548. The molecule has 0 aliphatic carbocycles. The minimum Gasteiger partial charge on any atom is -0.493 e. The first-order chi connectivity index (χ1) is 15.6. The zero-order chi connectivity index (χ0) is 24.3. The van der Waals surface area contributed by atoms with Crippen molar-refractivity contribution in [3.8, 4) is 11.5 Å². The average Bonchev–Trinajstić information content (AvgIpc) is 3.15. The fourth-order valence-electron chi connectivity index (χ4n) is 2.92. The molecule has 0 atom stereocenters. The summed E-state index contributed by atoms with van der Waals surface area (Å²) in [5.74, 6) is 0.238. The van der Waals surface area contributed by atoms with Crippen LogP contribution in [0.1, 0.15) is 16.6 Å². The first-order valence-corrected chi connectivity index (χ1v) is 13.2. The SMILES string of the molecule is CCOc1ccc(N(C)S(=O)(=O)c2cc(Cl)sc2C(=O)Nc2cc(Cl)cc(Br)c2)cc1OC. The fraction of sp³-hybridized carbons (Fsp3) is 0.190. The van der Waals surface area contributed by atoms with Gasteiger partial charge in [-0.2, -0.15) is 0 Å². The molecular formula is C21H19BrCl2N2O5S2. The molecule has 0 spiro atoms. The van der Waals surface area contributed by atoms with Gasteiger partial charge in [0, 0.05) is 28.3 Å². The van der Waals surface area contributed by atoms with Gasteiger partial charge in [-0.05, 0) is 43.3 Å². The topological polar surface area (TPSA) is 84.9 Å². The Hall–Kier alpha value is -1.98. The number of nitrogens with zero attached hydrogens (tertiary/aromatic N) is 1. The number of benzene rings is 2. The molecule has 1 N–H and O–H groups in total. The Labute approximate surface area is 214 Å². The zero-order valence-corrected chi connectivity index (χ0v) is 22.4. The van der Waals surface area contributed by atoms with Crippen LogP contribution in [-0.4, -0.2) is 35.1 Å². The Balaban J connectivity index is 1.96. The van der Waals surface area contributed by atoms with Crippen molar-refractivity contribution in [2.45, 2.75) is 11.8 Å². The summed E-state index contributed by atoms with van der Waals surface area (Å²) < 4.78 is 39.5. The lowest BCUT2D eigenvalue weighted by Gasteiger charge is -2.21. The average molecular weight is 594 g/mol. The molecule has 3 rings (SSSR count). The van der Waals surface area contributed by atoms with Crippen molar-refractivity contribution in [1.82, 2.24) is 0 Å². The lowest BCUT2D eigenvalue weighted by molar-refractivity contribution is 0.102. The zero-order valence-electron chi connectivity index (χ0n) is 17.7. The van der Waals surface area contributed by atoms with E-state index in [0.29, 0.717) is 39.0 Å². The summed E-state index contributed by atoms with van der Waals surface area (Å²) in [5.41, 5.74) is 0.722. The van der Waals surface area contributed by atoms with Gasteiger partial charge in [-0.3, -0.25) is 9.10 Å². The number of ether oxygens (including phenoxy) is 2. The molecular weight excluding hydrogens is 575 g/mol. The van der Waals surface area contributed by atoms with Gasteiger partial charge in [0.05, 0.1) is 23.7 Å². The number of halogens is 3. The number of carbonyl (C=O) groups excluding carboxylic acids is 1. The van der Waals surface area contributed by atoms with Gasteiger partial charge in [-0.1, -0.05) is 39.1 Å². The summed E-state index contributed by atoms with van der Waals surface area (Å²) in [5, 5.41) is 3.07. The van der Waals surface area contributed by atoms with E-state index in [-0.39, 0.29) is 14.1 Å². The number of sulfonamides is 1. The maximum Gasteiger partial charge on any atom is 0.267 e. The second kappa shape index (κ2) is 10.5.